The van der Waals surface area contributed by atoms with Crippen LogP contribution in [0.1, 0.15) is 61.7 Å². The Hall–Kier alpha value is -2.36. The summed E-state index contributed by atoms with van der Waals surface area (Å²) in [5.41, 5.74) is 5.23. The van der Waals surface area contributed by atoms with E-state index in [9.17, 15) is 10.0 Å². The Balaban J connectivity index is 1.38. The largest absolute Gasteiger partial charge is 0.619 e. The number of rotatable bonds is 3. The lowest BCUT2D eigenvalue weighted by Crippen LogP contribution is -2.39. The van der Waals surface area contributed by atoms with Crippen molar-refractivity contribution in [2.45, 2.75) is 51.4 Å². The highest BCUT2D eigenvalue weighted by Crippen LogP contribution is 2.35. The second-order valence-corrected chi connectivity index (χ2v) is 7.90. The van der Waals surface area contributed by atoms with E-state index in [0.717, 1.165) is 32.4 Å². The van der Waals surface area contributed by atoms with Gasteiger partial charge in [-0.1, -0.05) is 18.2 Å². The molecule has 1 amide bonds. The number of likely N-dealkylation sites (tertiary alicyclic amines) is 1. The SMILES string of the molecule is O=C(c1cc[n+]([O-])cc1)N1CCC(C2=CCCC(C3=CCCCC3)=C2)CC1. The molecule has 142 valence electrons. The van der Waals surface area contributed by atoms with Gasteiger partial charge in [-0.05, 0) is 74.0 Å². The molecule has 4 nitrogen and oxygen atoms in total. The molecule has 0 atom stereocenters. The van der Waals surface area contributed by atoms with Gasteiger partial charge in [0.15, 0.2) is 12.4 Å². The first-order valence-corrected chi connectivity index (χ1v) is 10.3. The normalized spacial score (nSPS) is 21.3. The van der Waals surface area contributed by atoms with Crippen molar-refractivity contribution in [3.8, 4) is 0 Å². The van der Waals surface area contributed by atoms with E-state index in [-0.39, 0.29) is 5.91 Å². The molecular formula is C23H28N2O2. The van der Waals surface area contributed by atoms with Gasteiger partial charge in [-0.3, -0.25) is 4.79 Å². The predicted octanol–water partition coefficient (Wildman–Crippen LogP) is 4.32. The monoisotopic (exact) mass is 364 g/mol. The second-order valence-electron chi connectivity index (χ2n) is 7.90. The van der Waals surface area contributed by atoms with Crippen molar-refractivity contribution in [1.29, 1.82) is 0 Å². The van der Waals surface area contributed by atoms with Crippen LogP contribution >= 0.6 is 0 Å². The van der Waals surface area contributed by atoms with Gasteiger partial charge in [-0.25, -0.2) is 0 Å². The van der Waals surface area contributed by atoms with Crippen LogP contribution in [-0.4, -0.2) is 23.9 Å². The zero-order valence-corrected chi connectivity index (χ0v) is 15.9. The summed E-state index contributed by atoms with van der Waals surface area (Å²) in [5.74, 6) is 0.600. The third-order valence-corrected chi connectivity index (χ3v) is 6.14. The Morgan fingerprint density at radius 3 is 2.48 bits per heavy atom. The number of allylic oxidation sites excluding steroid dienone is 6. The van der Waals surface area contributed by atoms with Gasteiger partial charge in [0.2, 0.25) is 0 Å². The van der Waals surface area contributed by atoms with E-state index < -0.39 is 0 Å². The number of piperidine rings is 1. The van der Waals surface area contributed by atoms with Crippen molar-refractivity contribution < 1.29 is 9.52 Å². The Labute approximate surface area is 161 Å². The molecular weight excluding hydrogens is 336 g/mol. The fourth-order valence-corrected chi connectivity index (χ4v) is 4.55. The number of amides is 1. The van der Waals surface area contributed by atoms with Crippen LogP contribution in [-0.2, 0) is 0 Å². The summed E-state index contributed by atoms with van der Waals surface area (Å²) in [4.78, 5) is 14.6. The molecule has 4 rings (SSSR count). The lowest BCUT2D eigenvalue weighted by atomic mass is 9.81. The van der Waals surface area contributed by atoms with Gasteiger partial charge in [0.25, 0.3) is 5.91 Å². The van der Waals surface area contributed by atoms with Gasteiger partial charge in [-0.15, -0.1) is 0 Å². The fourth-order valence-electron chi connectivity index (χ4n) is 4.55. The molecule has 0 radical (unpaired) electrons. The van der Waals surface area contributed by atoms with Crippen molar-refractivity contribution in [1.82, 2.24) is 4.90 Å². The first kappa shape index (κ1) is 18.0. The van der Waals surface area contributed by atoms with Crippen molar-refractivity contribution in [2.75, 3.05) is 13.1 Å². The molecule has 1 aliphatic heterocycles. The first-order valence-electron chi connectivity index (χ1n) is 10.3. The highest BCUT2D eigenvalue weighted by atomic mass is 16.5. The minimum Gasteiger partial charge on any atom is -0.619 e. The number of nitrogens with zero attached hydrogens (tertiary/aromatic N) is 2. The zero-order chi connectivity index (χ0) is 18.6. The Morgan fingerprint density at radius 2 is 1.78 bits per heavy atom. The highest BCUT2D eigenvalue weighted by Gasteiger charge is 2.26. The standard InChI is InChI=1S/C23H28N2O2/c26-23(20-11-15-25(27)16-12-20)24-13-9-19(10-14-24)22-8-4-7-21(17-22)18-5-2-1-3-6-18/h5,8,11-12,15-17,19H,1-4,6-7,9-10,13-14H2. The van der Waals surface area contributed by atoms with Crippen molar-refractivity contribution in [2.24, 2.45) is 5.92 Å². The summed E-state index contributed by atoms with van der Waals surface area (Å²) in [6, 6.07) is 3.22. The summed E-state index contributed by atoms with van der Waals surface area (Å²) in [6.07, 6.45) is 19.6. The van der Waals surface area contributed by atoms with Crippen molar-refractivity contribution in [3.63, 3.8) is 0 Å². The maximum Gasteiger partial charge on any atom is 0.254 e. The molecule has 0 unspecified atom stereocenters. The number of aromatic nitrogens is 1. The van der Waals surface area contributed by atoms with Crippen LogP contribution in [0.15, 0.2) is 59.5 Å². The molecule has 1 aromatic heterocycles. The Kier molecular flexibility index (Phi) is 5.42. The third-order valence-electron chi connectivity index (χ3n) is 6.14. The Bertz CT molecular complexity index is 781. The van der Waals surface area contributed by atoms with Gasteiger partial charge in [0.1, 0.15) is 0 Å². The van der Waals surface area contributed by atoms with E-state index in [1.807, 2.05) is 4.90 Å². The molecule has 0 saturated carbocycles. The molecule has 1 saturated heterocycles. The lowest BCUT2D eigenvalue weighted by Gasteiger charge is -2.34. The summed E-state index contributed by atoms with van der Waals surface area (Å²) in [5, 5.41) is 11.2. The maximum absolute atomic E-state index is 12.6. The average Bonchev–Trinajstić information content (AvgIpc) is 2.75. The summed E-state index contributed by atoms with van der Waals surface area (Å²) in [7, 11) is 0. The summed E-state index contributed by atoms with van der Waals surface area (Å²) in [6.45, 7) is 1.58. The molecule has 3 aliphatic rings. The van der Waals surface area contributed by atoms with Crippen LogP contribution in [0.3, 0.4) is 0 Å². The van der Waals surface area contributed by atoms with Crippen LogP contribution in [0, 0.1) is 11.1 Å². The molecule has 0 N–H and O–H groups in total. The zero-order valence-electron chi connectivity index (χ0n) is 15.9. The highest BCUT2D eigenvalue weighted by molar-refractivity contribution is 5.94. The molecule has 1 fully saturated rings. The lowest BCUT2D eigenvalue weighted by molar-refractivity contribution is -0.605. The van der Waals surface area contributed by atoms with E-state index in [4.69, 9.17) is 0 Å². The van der Waals surface area contributed by atoms with Crippen molar-refractivity contribution >= 4 is 5.91 Å². The van der Waals surface area contributed by atoms with Crippen LogP contribution in [0.5, 0.6) is 0 Å². The van der Waals surface area contributed by atoms with E-state index in [0.29, 0.717) is 16.2 Å². The van der Waals surface area contributed by atoms with Gasteiger partial charge in [-0.2, -0.15) is 4.73 Å². The van der Waals surface area contributed by atoms with Crippen LogP contribution < -0.4 is 4.73 Å². The third kappa shape index (κ3) is 4.15. The van der Waals surface area contributed by atoms with E-state index >= 15 is 0 Å². The topological polar surface area (TPSA) is 47.2 Å². The number of hydrogen-bond donors (Lipinski definition) is 0. The molecule has 2 aliphatic carbocycles. The van der Waals surface area contributed by atoms with Gasteiger partial charge in [0.05, 0.1) is 5.56 Å². The molecule has 0 spiro atoms. The average molecular weight is 364 g/mol. The molecule has 27 heavy (non-hydrogen) atoms. The smallest absolute Gasteiger partial charge is 0.254 e. The van der Waals surface area contributed by atoms with E-state index in [2.05, 4.69) is 18.2 Å². The van der Waals surface area contributed by atoms with E-state index in [1.165, 1.54) is 50.1 Å². The fraction of sp³-hybridized carbons (Fsp3) is 0.478. The summed E-state index contributed by atoms with van der Waals surface area (Å²) >= 11 is 0. The molecule has 1 aromatic rings. The minimum absolute atomic E-state index is 0.0373. The number of carbonyl (C=O) groups excluding carboxylic acids is 1. The number of hydrogen-bond acceptors (Lipinski definition) is 2. The maximum atomic E-state index is 12.6. The summed E-state index contributed by atoms with van der Waals surface area (Å²) < 4.78 is 0.713. The van der Waals surface area contributed by atoms with Crippen molar-refractivity contribution in [3.05, 3.63) is 70.2 Å². The second kappa shape index (κ2) is 8.12. The molecule has 0 aromatic carbocycles. The first-order chi connectivity index (χ1) is 13.2. The molecule has 2 heterocycles. The number of carbonyl (C=O) groups is 1. The molecule has 0 bridgehead atoms. The predicted molar refractivity (Wildman–Crippen MR) is 106 cm³/mol. The quantitative estimate of drug-likeness (QED) is 0.592. The minimum atomic E-state index is 0.0373. The van der Waals surface area contributed by atoms with Crippen LogP contribution in [0.25, 0.3) is 0 Å². The van der Waals surface area contributed by atoms with Gasteiger partial charge >= 0.3 is 0 Å². The van der Waals surface area contributed by atoms with Gasteiger partial charge in [0, 0.05) is 25.2 Å². The van der Waals surface area contributed by atoms with E-state index in [1.54, 1.807) is 23.3 Å². The Morgan fingerprint density at radius 1 is 1.00 bits per heavy atom. The molecule has 4 heteroatoms. The van der Waals surface area contributed by atoms with Crippen LogP contribution in [0.2, 0.25) is 0 Å². The van der Waals surface area contributed by atoms with Crippen LogP contribution in [0.4, 0.5) is 0 Å². The number of pyridine rings is 1. The van der Waals surface area contributed by atoms with Gasteiger partial charge < -0.3 is 10.1 Å².